The second kappa shape index (κ2) is 12.9. The van der Waals surface area contributed by atoms with E-state index in [0.29, 0.717) is 24.5 Å². The van der Waals surface area contributed by atoms with Gasteiger partial charge < -0.3 is 19.9 Å². The van der Waals surface area contributed by atoms with Crippen molar-refractivity contribution in [3.8, 4) is 11.5 Å². The van der Waals surface area contributed by atoms with Crippen LogP contribution in [0.3, 0.4) is 0 Å². The Morgan fingerprint density at radius 2 is 1.93 bits per heavy atom. The number of carbonyl (C=O) groups is 2. The van der Waals surface area contributed by atoms with Crippen LogP contribution in [0.4, 0.5) is 0 Å². The van der Waals surface area contributed by atoms with E-state index in [1.165, 1.54) is 12.8 Å². The number of carbonyl (C=O) groups excluding carboxylic acids is 1. The third kappa shape index (κ3) is 8.67. The average molecular weight is 399 g/mol. The molecule has 1 fully saturated rings. The van der Waals surface area contributed by atoms with Gasteiger partial charge in [-0.05, 0) is 61.8 Å². The Balaban J connectivity index is 0.00000392. The van der Waals surface area contributed by atoms with Gasteiger partial charge in [0.05, 0.1) is 13.7 Å². The molecule has 0 heterocycles. The van der Waals surface area contributed by atoms with Crippen molar-refractivity contribution in [2.75, 3.05) is 13.7 Å². The Hall–Kier alpha value is -1.50. The Kier molecular flexibility index (Phi) is 11.3. The number of rotatable bonds is 9. The Bertz CT molecular complexity index is 669. The molecule has 0 bridgehead atoms. The molecule has 28 heavy (non-hydrogen) atoms. The minimum absolute atomic E-state index is 0. The average Bonchev–Trinajstić information content (AvgIpc) is 2.65. The van der Waals surface area contributed by atoms with Crippen molar-refractivity contribution in [3.05, 3.63) is 29.8 Å². The number of amides is 1. The second-order valence-corrected chi connectivity index (χ2v) is 7.05. The van der Waals surface area contributed by atoms with E-state index in [4.69, 9.17) is 14.6 Å². The van der Waals surface area contributed by atoms with Crippen LogP contribution < -0.4 is 14.8 Å². The molecule has 7 heteroatoms. The molecule has 1 aliphatic rings. The first-order chi connectivity index (χ1) is 13.0. The Labute approximate surface area is 189 Å². The van der Waals surface area contributed by atoms with Crippen LogP contribution in [-0.4, -0.2) is 66.3 Å². The fraction of sp³-hybridized carbons (Fsp3) is 0.524. The van der Waals surface area contributed by atoms with E-state index < -0.39 is 5.97 Å². The van der Waals surface area contributed by atoms with Gasteiger partial charge in [-0.3, -0.25) is 9.59 Å². The van der Waals surface area contributed by atoms with E-state index >= 15 is 0 Å². The standard InChI is InChI=1S/C21H29NO5.Na.H/c1-15-5-9-17(10-6-15)22-20(23)12-8-16-7-11-18(19(14-16)26-2)27-13-3-4-21(24)25;;/h7-8,11-12,14-15,17H,3-6,9-10,13H2,1-2H3,(H,22,23)(H,24,25);;/b12-8+;;/t15-,17-;;. The molecular formula is C21H30NNaO5. The fourth-order valence-electron chi connectivity index (χ4n) is 3.14. The van der Waals surface area contributed by atoms with E-state index in [1.54, 1.807) is 31.4 Å². The molecule has 0 spiro atoms. The fourth-order valence-corrected chi connectivity index (χ4v) is 3.14. The first kappa shape index (κ1) is 24.5. The molecule has 0 unspecified atom stereocenters. The molecule has 2 N–H and O–H groups in total. The van der Waals surface area contributed by atoms with Gasteiger partial charge in [0.15, 0.2) is 11.5 Å². The molecule has 1 amide bonds. The van der Waals surface area contributed by atoms with Gasteiger partial charge in [0.1, 0.15) is 0 Å². The monoisotopic (exact) mass is 399 g/mol. The van der Waals surface area contributed by atoms with Crippen LogP contribution in [-0.2, 0) is 9.59 Å². The third-order valence-electron chi connectivity index (χ3n) is 4.77. The predicted molar refractivity (Wildman–Crippen MR) is 111 cm³/mol. The first-order valence-corrected chi connectivity index (χ1v) is 9.49. The normalized spacial score (nSPS) is 18.9. The number of carboxylic acids is 1. The number of carboxylic acid groups (broad SMARTS) is 1. The van der Waals surface area contributed by atoms with Gasteiger partial charge in [0.2, 0.25) is 5.91 Å². The summed E-state index contributed by atoms with van der Waals surface area (Å²) in [5.74, 6) is 0.940. The summed E-state index contributed by atoms with van der Waals surface area (Å²) >= 11 is 0. The van der Waals surface area contributed by atoms with E-state index in [9.17, 15) is 9.59 Å². The molecule has 0 aliphatic heterocycles. The van der Waals surface area contributed by atoms with Crippen molar-refractivity contribution in [3.63, 3.8) is 0 Å². The molecule has 0 aromatic heterocycles. The van der Waals surface area contributed by atoms with Crippen molar-refractivity contribution in [2.24, 2.45) is 5.92 Å². The van der Waals surface area contributed by atoms with E-state index in [1.807, 2.05) is 6.07 Å². The third-order valence-corrected chi connectivity index (χ3v) is 4.77. The van der Waals surface area contributed by atoms with E-state index in [2.05, 4.69) is 12.2 Å². The van der Waals surface area contributed by atoms with E-state index in [-0.39, 0.29) is 47.9 Å². The topological polar surface area (TPSA) is 84.9 Å². The Morgan fingerprint density at radius 1 is 1.21 bits per heavy atom. The number of methoxy groups -OCH3 is 1. The molecule has 1 saturated carbocycles. The summed E-state index contributed by atoms with van der Waals surface area (Å²) in [6.45, 7) is 2.56. The van der Waals surface area contributed by atoms with Gasteiger partial charge in [0.25, 0.3) is 0 Å². The van der Waals surface area contributed by atoms with Gasteiger partial charge in [-0.25, -0.2) is 0 Å². The quantitative estimate of drug-likeness (QED) is 0.379. The molecule has 150 valence electrons. The first-order valence-electron chi connectivity index (χ1n) is 9.49. The van der Waals surface area contributed by atoms with Crippen molar-refractivity contribution >= 4 is 47.5 Å². The summed E-state index contributed by atoms with van der Waals surface area (Å²) in [5.41, 5.74) is 0.831. The van der Waals surface area contributed by atoms with Crippen LogP contribution in [0, 0.1) is 5.92 Å². The van der Waals surface area contributed by atoms with Crippen molar-refractivity contribution in [1.82, 2.24) is 5.32 Å². The molecular weight excluding hydrogens is 369 g/mol. The zero-order valence-corrected chi connectivity index (χ0v) is 16.1. The van der Waals surface area contributed by atoms with Crippen LogP contribution in [0.25, 0.3) is 6.08 Å². The van der Waals surface area contributed by atoms with Crippen LogP contribution in [0.5, 0.6) is 11.5 Å². The number of hydrogen-bond donors (Lipinski definition) is 2. The molecule has 0 radical (unpaired) electrons. The zero-order valence-electron chi connectivity index (χ0n) is 16.1. The zero-order chi connectivity index (χ0) is 19.6. The number of nitrogens with one attached hydrogen (secondary N) is 1. The molecule has 1 aromatic rings. The van der Waals surface area contributed by atoms with Crippen molar-refractivity contribution < 1.29 is 24.2 Å². The summed E-state index contributed by atoms with van der Waals surface area (Å²) in [5, 5.41) is 11.7. The number of ether oxygens (including phenoxy) is 2. The number of hydrogen-bond acceptors (Lipinski definition) is 4. The van der Waals surface area contributed by atoms with Crippen LogP contribution in [0.2, 0.25) is 0 Å². The molecule has 1 aliphatic carbocycles. The van der Waals surface area contributed by atoms with Crippen LogP contribution >= 0.6 is 0 Å². The van der Waals surface area contributed by atoms with Gasteiger partial charge in [-0.1, -0.05) is 13.0 Å². The second-order valence-electron chi connectivity index (χ2n) is 7.05. The summed E-state index contributed by atoms with van der Waals surface area (Å²) < 4.78 is 10.9. The molecule has 2 rings (SSSR count). The number of aliphatic carboxylic acids is 1. The summed E-state index contributed by atoms with van der Waals surface area (Å²) in [4.78, 5) is 22.6. The van der Waals surface area contributed by atoms with Crippen LogP contribution in [0.1, 0.15) is 51.0 Å². The van der Waals surface area contributed by atoms with Gasteiger partial charge in [-0.2, -0.15) is 0 Å². The molecule has 0 saturated heterocycles. The van der Waals surface area contributed by atoms with Crippen molar-refractivity contribution in [1.29, 1.82) is 0 Å². The molecule has 6 nitrogen and oxygen atoms in total. The van der Waals surface area contributed by atoms with Gasteiger partial charge >= 0.3 is 35.5 Å². The molecule has 1 aromatic carbocycles. The van der Waals surface area contributed by atoms with E-state index in [0.717, 1.165) is 24.3 Å². The maximum absolute atomic E-state index is 12.1. The van der Waals surface area contributed by atoms with Crippen LogP contribution in [0.15, 0.2) is 24.3 Å². The SMILES string of the molecule is COc1cc(/C=C/C(=O)N[C@H]2CC[C@H](C)CC2)ccc1OCCCC(=O)O.[NaH]. The number of benzene rings is 1. The maximum atomic E-state index is 12.1. The van der Waals surface area contributed by atoms with Crippen molar-refractivity contribution in [2.45, 2.75) is 51.5 Å². The van der Waals surface area contributed by atoms with Gasteiger partial charge in [-0.15, -0.1) is 0 Å². The summed E-state index contributed by atoms with van der Waals surface area (Å²) in [6, 6.07) is 5.66. The molecule has 0 atom stereocenters. The summed E-state index contributed by atoms with van der Waals surface area (Å²) in [7, 11) is 1.55. The van der Waals surface area contributed by atoms with Gasteiger partial charge in [0, 0.05) is 18.5 Å². The predicted octanol–water partition coefficient (Wildman–Crippen LogP) is 3.00. The Morgan fingerprint density at radius 3 is 2.57 bits per heavy atom. The minimum atomic E-state index is -0.841. The summed E-state index contributed by atoms with van der Waals surface area (Å²) in [6.07, 6.45) is 8.21.